The van der Waals surface area contributed by atoms with Crippen molar-refractivity contribution in [2.45, 2.75) is 41.2 Å². The molecule has 140 valence electrons. The van der Waals surface area contributed by atoms with Crippen LogP contribution in [0.15, 0.2) is 69.4 Å². The molecule has 4 nitrogen and oxygen atoms in total. The highest BCUT2D eigenvalue weighted by Crippen LogP contribution is 2.58. The maximum absolute atomic E-state index is 5.75. The lowest BCUT2D eigenvalue weighted by Gasteiger charge is -2.48. The van der Waals surface area contributed by atoms with Gasteiger partial charge in [0.1, 0.15) is 0 Å². The first-order chi connectivity index (χ1) is 13.3. The van der Waals surface area contributed by atoms with E-state index < -0.39 is 5.06 Å². The standard InChI is InChI=1S/C21H22N2O2S2/c1-3-22-15-9-5-7-11-17(15)26-20(22)14-13-19-21(25-24-19)23(4-2)16-10-6-8-12-18(16)27-21/h5-12,14,19H,3-4,13H2,1-2H3/b20-14+. The average Bonchev–Trinajstić information content (AvgIpc) is 3.23. The van der Waals surface area contributed by atoms with Crippen molar-refractivity contribution in [3.8, 4) is 0 Å². The summed E-state index contributed by atoms with van der Waals surface area (Å²) in [5.74, 6) is 0. The number of anilines is 2. The zero-order chi connectivity index (χ0) is 18.4. The monoisotopic (exact) mass is 398 g/mol. The Morgan fingerprint density at radius 2 is 1.74 bits per heavy atom. The van der Waals surface area contributed by atoms with Crippen LogP contribution in [-0.4, -0.2) is 24.3 Å². The van der Waals surface area contributed by atoms with Crippen molar-refractivity contribution in [2.24, 2.45) is 0 Å². The van der Waals surface area contributed by atoms with E-state index in [0.29, 0.717) is 0 Å². The Morgan fingerprint density at radius 1 is 1.00 bits per heavy atom. The first-order valence-electron chi connectivity index (χ1n) is 9.41. The van der Waals surface area contributed by atoms with Crippen molar-refractivity contribution in [1.82, 2.24) is 0 Å². The van der Waals surface area contributed by atoms with Crippen molar-refractivity contribution < 1.29 is 9.78 Å². The van der Waals surface area contributed by atoms with Gasteiger partial charge in [-0.3, -0.25) is 0 Å². The molecule has 0 radical (unpaired) electrons. The van der Waals surface area contributed by atoms with E-state index in [1.54, 1.807) is 11.8 Å². The Morgan fingerprint density at radius 3 is 2.44 bits per heavy atom. The molecule has 3 heterocycles. The van der Waals surface area contributed by atoms with E-state index in [4.69, 9.17) is 9.78 Å². The van der Waals surface area contributed by atoms with Crippen LogP contribution in [-0.2, 0) is 9.78 Å². The van der Waals surface area contributed by atoms with Gasteiger partial charge in [-0.05, 0) is 38.1 Å². The normalized spacial score (nSPS) is 27.2. The lowest BCUT2D eigenvalue weighted by molar-refractivity contribution is -0.477. The first kappa shape index (κ1) is 17.5. The Kier molecular flexibility index (Phi) is 4.39. The second-order valence-electron chi connectivity index (χ2n) is 6.71. The predicted molar refractivity (Wildman–Crippen MR) is 112 cm³/mol. The SMILES string of the molecule is CCN1/C(=C\CC2OOC23Sc2ccccc2N3CC)Sc2ccccc21. The van der Waals surface area contributed by atoms with Gasteiger partial charge in [-0.1, -0.05) is 53.9 Å². The highest BCUT2D eigenvalue weighted by molar-refractivity contribution is 8.03. The van der Waals surface area contributed by atoms with Gasteiger partial charge in [-0.2, -0.15) is 4.89 Å². The number of nitrogens with zero attached hydrogens (tertiary/aromatic N) is 2. The van der Waals surface area contributed by atoms with E-state index in [-0.39, 0.29) is 6.10 Å². The minimum Gasteiger partial charge on any atom is -0.336 e. The second-order valence-corrected chi connectivity index (χ2v) is 9.00. The molecule has 2 unspecified atom stereocenters. The molecule has 1 saturated heterocycles. The summed E-state index contributed by atoms with van der Waals surface area (Å²) in [6.07, 6.45) is 3.13. The molecule has 1 spiro atoms. The van der Waals surface area contributed by atoms with Crippen LogP contribution in [0, 0.1) is 0 Å². The van der Waals surface area contributed by atoms with Gasteiger partial charge in [0.2, 0.25) is 0 Å². The summed E-state index contributed by atoms with van der Waals surface area (Å²) in [7, 11) is 0. The van der Waals surface area contributed by atoms with Crippen molar-refractivity contribution in [3.05, 3.63) is 59.6 Å². The Bertz CT molecular complexity index is 903. The molecule has 0 saturated carbocycles. The fraction of sp³-hybridized carbons (Fsp3) is 0.333. The Hall–Kier alpha value is -1.60. The second kappa shape index (κ2) is 6.78. The fourth-order valence-electron chi connectivity index (χ4n) is 3.96. The van der Waals surface area contributed by atoms with Gasteiger partial charge in [-0.15, -0.1) is 0 Å². The molecule has 2 atom stereocenters. The van der Waals surface area contributed by atoms with Gasteiger partial charge in [0, 0.05) is 29.3 Å². The maximum atomic E-state index is 5.75. The molecule has 1 fully saturated rings. The van der Waals surface area contributed by atoms with Gasteiger partial charge in [0.25, 0.3) is 5.06 Å². The molecule has 0 amide bonds. The van der Waals surface area contributed by atoms with Crippen LogP contribution in [0.4, 0.5) is 11.4 Å². The number of rotatable bonds is 4. The van der Waals surface area contributed by atoms with Crippen LogP contribution in [0.1, 0.15) is 20.3 Å². The Balaban J connectivity index is 1.38. The van der Waals surface area contributed by atoms with Crippen molar-refractivity contribution in [1.29, 1.82) is 0 Å². The van der Waals surface area contributed by atoms with Crippen molar-refractivity contribution in [2.75, 3.05) is 22.9 Å². The lowest BCUT2D eigenvalue weighted by Crippen LogP contribution is -2.63. The summed E-state index contributed by atoms with van der Waals surface area (Å²) < 4.78 is 0. The quantitative estimate of drug-likeness (QED) is 0.634. The minimum absolute atomic E-state index is 0.00497. The molecule has 0 bridgehead atoms. The number of thioether (sulfide) groups is 2. The zero-order valence-corrected chi connectivity index (χ0v) is 17.1. The minimum atomic E-state index is -0.442. The molecule has 6 heteroatoms. The zero-order valence-electron chi connectivity index (χ0n) is 15.4. The topological polar surface area (TPSA) is 24.9 Å². The molecule has 3 aliphatic rings. The van der Waals surface area contributed by atoms with E-state index in [1.807, 2.05) is 11.8 Å². The van der Waals surface area contributed by atoms with Crippen LogP contribution in [0.5, 0.6) is 0 Å². The van der Waals surface area contributed by atoms with Gasteiger partial charge < -0.3 is 9.80 Å². The highest BCUT2D eigenvalue weighted by atomic mass is 32.2. The average molecular weight is 399 g/mol. The smallest absolute Gasteiger partial charge is 0.256 e. The van der Waals surface area contributed by atoms with E-state index in [1.165, 1.54) is 26.2 Å². The van der Waals surface area contributed by atoms with Crippen molar-refractivity contribution >= 4 is 34.9 Å². The fourth-order valence-corrected chi connectivity index (χ4v) is 6.56. The first-order valence-corrected chi connectivity index (χ1v) is 11.0. The third kappa shape index (κ3) is 2.62. The summed E-state index contributed by atoms with van der Waals surface area (Å²) >= 11 is 3.61. The van der Waals surface area contributed by atoms with Crippen LogP contribution in [0.2, 0.25) is 0 Å². The van der Waals surface area contributed by atoms with E-state index in [9.17, 15) is 0 Å². The largest absolute Gasteiger partial charge is 0.336 e. The number of hydrogen-bond donors (Lipinski definition) is 0. The van der Waals surface area contributed by atoms with E-state index >= 15 is 0 Å². The van der Waals surface area contributed by atoms with Gasteiger partial charge in [0.05, 0.1) is 16.4 Å². The summed E-state index contributed by atoms with van der Waals surface area (Å²) in [6.45, 7) is 6.22. The third-order valence-corrected chi connectivity index (χ3v) is 7.82. The Labute approximate surface area is 168 Å². The molecule has 5 rings (SSSR count). The molecule has 2 aromatic carbocycles. The summed E-state index contributed by atoms with van der Waals surface area (Å²) in [4.78, 5) is 18.6. The number of fused-ring (bicyclic) bond motifs is 2. The van der Waals surface area contributed by atoms with Crippen LogP contribution in [0.3, 0.4) is 0 Å². The number of para-hydroxylation sites is 2. The summed E-state index contributed by atoms with van der Waals surface area (Å²) in [5.41, 5.74) is 2.54. The molecule has 2 aromatic rings. The molecule has 0 N–H and O–H groups in total. The van der Waals surface area contributed by atoms with Gasteiger partial charge in [0.15, 0.2) is 6.10 Å². The molecular weight excluding hydrogens is 376 g/mol. The number of likely N-dealkylation sites (N-methyl/N-ethyl adjacent to an activating group) is 1. The van der Waals surface area contributed by atoms with E-state index in [2.05, 4.69) is 78.3 Å². The summed E-state index contributed by atoms with van der Waals surface area (Å²) in [6, 6.07) is 17.1. The lowest BCUT2D eigenvalue weighted by atomic mass is 10.1. The molecule has 3 aliphatic heterocycles. The highest BCUT2D eigenvalue weighted by Gasteiger charge is 2.60. The van der Waals surface area contributed by atoms with E-state index in [0.717, 1.165) is 19.5 Å². The molecule has 0 aliphatic carbocycles. The van der Waals surface area contributed by atoms with Crippen LogP contribution >= 0.6 is 23.5 Å². The number of hydrogen-bond acceptors (Lipinski definition) is 6. The summed E-state index contributed by atoms with van der Waals surface area (Å²) in [5, 5.41) is 0.843. The van der Waals surface area contributed by atoms with Crippen LogP contribution in [0.25, 0.3) is 0 Å². The predicted octanol–water partition coefficient (Wildman–Crippen LogP) is 5.47. The molecule has 27 heavy (non-hydrogen) atoms. The van der Waals surface area contributed by atoms with Gasteiger partial charge in [-0.25, -0.2) is 4.89 Å². The van der Waals surface area contributed by atoms with Crippen LogP contribution < -0.4 is 9.80 Å². The number of benzene rings is 2. The molecular formula is C21H22N2O2S2. The molecule has 0 aromatic heterocycles. The third-order valence-electron chi connectivity index (χ3n) is 5.25. The maximum Gasteiger partial charge on any atom is 0.256 e. The van der Waals surface area contributed by atoms with Gasteiger partial charge >= 0.3 is 0 Å². The van der Waals surface area contributed by atoms with Crippen molar-refractivity contribution in [3.63, 3.8) is 0 Å².